The minimum absolute atomic E-state index is 0.0907. The van der Waals surface area contributed by atoms with Crippen molar-refractivity contribution in [1.82, 2.24) is 20.3 Å². The third-order valence-electron chi connectivity index (χ3n) is 3.64. The van der Waals surface area contributed by atoms with Gasteiger partial charge in [0.1, 0.15) is 0 Å². The number of rotatable bonds is 6. The first-order chi connectivity index (χ1) is 12.5. The molecular weight excluding hydrogens is 352 g/mol. The van der Waals surface area contributed by atoms with Gasteiger partial charge in [-0.2, -0.15) is 9.90 Å². The number of aromatic nitrogens is 3. The number of hydrogen-bond donors (Lipinski definition) is 1. The van der Waals surface area contributed by atoms with E-state index in [2.05, 4.69) is 15.5 Å². The smallest absolute Gasteiger partial charge is 0.361 e. The Balaban J connectivity index is 1.58. The fourth-order valence-electron chi connectivity index (χ4n) is 2.34. The summed E-state index contributed by atoms with van der Waals surface area (Å²) in [6.45, 7) is 3.18. The van der Waals surface area contributed by atoms with Crippen LogP contribution in [0.15, 0.2) is 47.8 Å². The number of carbonyl (C=O) groups excluding carboxylic acids is 2. The Labute approximate surface area is 154 Å². The maximum absolute atomic E-state index is 12.2. The van der Waals surface area contributed by atoms with E-state index in [-0.39, 0.29) is 24.2 Å². The molecule has 0 radical (unpaired) electrons. The van der Waals surface area contributed by atoms with Crippen molar-refractivity contribution >= 4 is 23.2 Å². The van der Waals surface area contributed by atoms with E-state index in [9.17, 15) is 9.59 Å². The van der Waals surface area contributed by atoms with Crippen LogP contribution in [0.3, 0.4) is 0 Å². The van der Waals surface area contributed by atoms with Crippen LogP contribution in [0.25, 0.3) is 5.69 Å². The standard InChI is InChI=1S/C18H18N4O3S/c1-12(15-9-6-10-26-15)19-16(23)11-25-18(24)17-13(2)20-22(21-17)14-7-4-3-5-8-14/h3-10,12H,11H2,1-2H3,(H,19,23)/t12-/m1/s1. The van der Waals surface area contributed by atoms with Gasteiger partial charge in [-0.1, -0.05) is 24.3 Å². The average Bonchev–Trinajstić information content (AvgIpc) is 3.30. The minimum Gasteiger partial charge on any atom is -0.451 e. The van der Waals surface area contributed by atoms with Gasteiger partial charge in [0.25, 0.3) is 5.91 Å². The first kappa shape index (κ1) is 17.8. The number of hydrogen-bond acceptors (Lipinski definition) is 6. The van der Waals surface area contributed by atoms with E-state index in [0.717, 1.165) is 10.6 Å². The first-order valence-corrected chi connectivity index (χ1v) is 8.92. The summed E-state index contributed by atoms with van der Waals surface area (Å²) >= 11 is 1.55. The fraction of sp³-hybridized carbons (Fsp3) is 0.222. The van der Waals surface area contributed by atoms with Gasteiger partial charge in [0.05, 0.1) is 17.4 Å². The number of thiophene rings is 1. The van der Waals surface area contributed by atoms with Crippen molar-refractivity contribution in [3.8, 4) is 5.69 Å². The maximum Gasteiger partial charge on any atom is 0.361 e. The van der Waals surface area contributed by atoms with Crippen LogP contribution in [0.4, 0.5) is 0 Å². The first-order valence-electron chi connectivity index (χ1n) is 8.04. The van der Waals surface area contributed by atoms with Crippen LogP contribution >= 0.6 is 11.3 Å². The second-order valence-corrected chi connectivity index (χ2v) is 6.62. The molecule has 1 N–H and O–H groups in total. The van der Waals surface area contributed by atoms with E-state index >= 15 is 0 Å². The van der Waals surface area contributed by atoms with E-state index in [4.69, 9.17) is 4.74 Å². The highest BCUT2D eigenvalue weighted by Gasteiger charge is 2.19. The molecule has 0 bridgehead atoms. The predicted octanol–water partition coefficient (Wildman–Crippen LogP) is 2.67. The lowest BCUT2D eigenvalue weighted by atomic mass is 10.3. The molecule has 8 heteroatoms. The largest absolute Gasteiger partial charge is 0.451 e. The van der Waals surface area contributed by atoms with Crippen molar-refractivity contribution in [2.75, 3.05) is 6.61 Å². The molecule has 7 nitrogen and oxygen atoms in total. The number of para-hydroxylation sites is 1. The van der Waals surface area contributed by atoms with E-state index in [1.807, 2.05) is 54.8 Å². The van der Waals surface area contributed by atoms with Gasteiger partial charge in [-0.05, 0) is 37.4 Å². The molecule has 1 amide bonds. The van der Waals surface area contributed by atoms with Crippen molar-refractivity contribution in [1.29, 1.82) is 0 Å². The van der Waals surface area contributed by atoms with Crippen molar-refractivity contribution in [2.24, 2.45) is 0 Å². The van der Waals surface area contributed by atoms with Crippen LogP contribution in [-0.4, -0.2) is 33.5 Å². The Morgan fingerprint density at radius 1 is 1.19 bits per heavy atom. The van der Waals surface area contributed by atoms with Crippen LogP contribution in [0.5, 0.6) is 0 Å². The minimum atomic E-state index is -0.677. The molecule has 26 heavy (non-hydrogen) atoms. The number of esters is 1. The summed E-state index contributed by atoms with van der Waals surface area (Å²) in [4.78, 5) is 26.6. The molecule has 0 aliphatic heterocycles. The van der Waals surface area contributed by atoms with Crippen molar-refractivity contribution in [3.63, 3.8) is 0 Å². The summed E-state index contributed by atoms with van der Waals surface area (Å²) in [5.41, 5.74) is 1.26. The predicted molar refractivity (Wildman–Crippen MR) is 97.3 cm³/mol. The van der Waals surface area contributed by atoms with E-state index in [1.54, 1.807) is 18.3 Å². The lowest BCUT2D eigenvalue weighted by Crippen LogP contribution is -2.30. The maximum atomic E-state index is 12.2. The lowest BCUT2D eigenvalue weighted by molar-refractivity contribution is -0.124. The second-order valence-electron chi connectivity index (χ2n) is 5.64. The highest BCUT2D eigenvalue weighted by molar-refractivity contribution is 7.10. The highest BCUT2D eigenvalue weighted by atomic mass is 32.1. The summed E-state index contributed by atoms with van der Waals surface area (Å²) in [7, 11) is 0. The normalized spacial score (nSPS) is 11.8. The lowest BCUT2D eigenvalue weighted by Gasteiger charge is -2.12. The Bertz CT molecular complexity index is 891. The van der Waals surface area contributed by atoms with E-state index < -0.39 is 5.97 Å². The van der Waals surface area contributed by atoms with Crippen molar-refractivity contribution in [3.05, 3.63) is 64.1 Å². The zero-order valence-electron chi connectivity index (χ0n) is 14.4. The quantitative estimate of drug-likeness (QED) is 0.674. The summed E-state index contributed by atoms with van der Waals surface area (Å²) < 4.78 is 5.07. The van der Waals surface area contributed by atoms with Crippen molar-refractivity contribution in [2.45, 2.75) is 19.9 Å². The molecule has 0 aliphatic carbocycles. The molecule has 0 unspecified atom stereocenters. The molecule has 3 aromatic rings. The third kappa shape index (κ3) is 4.15. The molecule has 0 fully saturated rings. The van der Waals surface area contributed by atoms with Gasteiger partial charge in [-0.3, -0.25) is 4.79 Å². The number of nitrogens with zero attached hydrogens (tertiary/aromatic N) is 3. The molecule has 3 rings (SSSR count). The number of amides is 1. The monoisotopic (exact) mass is 370 g/mol. The number of ether oxygens (including phenoxy) is 1. The number of benzene rings is 1. The molecule has 0 spiro atoms. The molecule has 0 aliphatic rings. The van der Waals surface area contributed by atoms with Gasteiger partial charge in [-0.15, -0.1) is 16.4 Å². The molecule has 1 atom stereocenters. The average molecular weight is 370 g/mol. The highest BCUT2D eigenvalue weighted by Crippen LogP contribution is 2.17. The summed E-state index contributed by atoms with van der Waals surface area (Å²) in [5.74, 6) is -1.05. The van der Waals surface area contributed by atoms with Crippen molar-refractivity contribution < 1.29 is 14.3 Å². The van der Waals surface area contributed by atoms with E-state index in [1.165, 1.54) is 4.80 Å². The molecule has 2 aromatic heterocycles. The molecular formula is C18H18N4O3S. The zero-order chi connectivity index (χ0) is 18.5. The zero-order valence-corrected chi connectivity index (χ0v) is 15.2. The van der Waals surface area contributed by atoms with Gasteiger partial charge in [0, 0.05) is 4.88 Å². The van der Waals surface area contributed by atoms with Gasteiger partial charge in [0.15, 0.2) is 12.3 Å². The van der Waals surface area contributed by atoms with Gasteiger partial charge in [0.2, 0.25) is 0 Å². The molecule has 2 heterocycles. The summed E-state index contributed by atoms with van der Waals surface area (Å²) in [6, 6.07) is 13.0. The summed E-state index contributed by atoms with van der Waals surface area (Å²) in [6.07, 6.45) is 0. The van der Waals surface area contributed by atoms with Crippen LogP contribution in [0.2, 0.25) is 0 Å². The number of nitrogens with one attached hydrogen (secondary N) is 1. The summed E-state index contributed by atoms with van der Waals surface area (Å²) in [5, 5.41) is 13.1. The molecule has 1 aromatic carbocycles. The fourth-order valence-corrected chi connectivity index (χ4v) is 3.07. The van der Waals surface area contributed by atoms with Crippen LogP contribution in [-0.2, 0) is 9.53 Å². The molecule has 0 saturated carbocycles. The Morgan fingerprint density at radius 2 is 1.96 bits per heavy atom. The molecule has 134 valence electrons. The van der Waals surface area contributed by atoms with E-state index in [0.29, 0.717) is 5.69 Å². The third-order valence-corrected chi connectivity index (χ3v) is 4.70. The van der Waals surface area contributed by atoms with Gasteiger partial charge >= 0.3 is 5.97 Å². The van der Waals surface area contributed by atoms with Gasteiger partial charge < -0.3 is 10.1 Å². The topological polar surface area (TPSA) is 86.1 Å². The van der Waals surface area contributed by atoms with Crippen LogP contribution < -0.4 is 5.32 Å². The Kier molecular flexibility index (Phi) is 5.43. The SMILES string of the molecule is Cc1nn(-c2ccccc2)nc1C(=O)OCC(=O)N[C@H](C)c1cccs1. The number of carbonyl (C=O) groups is 2. The van der Waals surface area contributed by atoms with Gasteiger partial charge in [-0.25, -0.2) is 4.79 Å². The Morgan fingerprint density at radius 3 is 2.65 bits per heavy atom. The molecule has 0 saturated heterocycles. The second kappa shape index (κ2) is 7.92. The van der Waals surface area contributed by atoms with Crippen LogP contribution in [0, 0.1) is 6.92 Å². The van der Waals surface area contributed by atoms with Crippen LogP contribution in [0.1, 0.15) is 34.0 Å². The Hall–Kier alpha value is -3.00. The number of aryl methyl sites for hydroxylation is 1.